The first-order valence-electron chi connectivity index (χ1n) is 7.42. The maximum absolute atomic E-state index is 9.27. The molecule has 0 amide bonds. The molecule has 0 radical (unpaired) electrons. The maximum Gasteiger partial charge on any atom is 0.0471 e. The predicted molar refractivity (Wildman–Crippen MR) is 80.3 cm³/mol. The van der Waals surface area contributed by atoms with Crippen LogP contribution in [0, 0.1) is 5.92 Å². The van der Waals surface area contributed by atoms with Gasteiger partial charge in [-0.3, -0.25) is 0 Å². The molecule has 1 aliphatic rings. The van der Waals surface area contributed by atoms with Gasteiger partial charge in [0.15, 0.2) is 0 Å². The number of nitrogens with one attached hydrogen (secondary N) is 1. The minimum atomic E-state index is 0.244. The minimum absolute atomic E-state index is 0.244. The summed E-state index contributed by atoms with van der Waals surface area (Å²) in [5.74, 6) is 0.294. The van der Waals surface area contributed by atoms with Crippen molar-refractivity contribution < 1.29 is 5.11 Å². The van der Waals surface area contributed by atoms with E-state index in [1.54, 1.807) is 0 Å². The largest absolute Gasteiger partial charge is 0.396 e. The van der Waals surface area contributed by atoms with Crippen molar-refractivity contribution in [1.29, 1.82) is 0 Å². The first kappa shape index (κ1) is 14.5. The number of benzene rings is 1. The van der Waals surface area contributed by atoms with Crippen LogP contribution in [0.25, 0.3) is 0 Å². The van der Waals surface area contributed by atoms with E-state index in [0.29, 0.717) is 18.0 Å². The SMILES string of the molecule is CC(CO)C(C)NC1CCC(C)(C)c2ccccc21. The zero-order valence-corrected chi connectivity index (χ0v) is 12.6. The van der Waals surface area contributed by atoms with E-state index in [2.05, 4.69) is 57.3 Å². The number of aliphatic hydroxyl groups is 1. The third-order valence-corrected chi connectivity index (χ3v) is 4.73. The van der Waals surface area contributed by atoms with Gasteiger partial charge in [0, 0.05) is 18.7 Å². The fourth-order valence-corrected chi connectivity index (χ4v) is 3.03. The van der Waals surface area contributed by atoms with E-state index in [0.717, 1.165) is 0 Å². The summed E-state index contributed by atoms with van der Waals surface area (Å²) in [6, 6.07) is 9.56. The number of aliphatic hydroxyl groups excluding tert-OH is 1. The van der Waals surface area contributed by atoms with Crippen molar-refractivity contribution in [3.8, 4) is 0 Å². The standard InChI is InChI=1S/C17H27NO/c1-12(11-19)13(2)18-16-9-10-17(3,4)15-8-6-5-7-14(15)16/h5-8,12-13,16,18-19H,9-11H2,1-4H3. The van der Waals surface area contributed by atoms with Crippen LogP contribution in [0.15, 0.2) is 24.3 Å². The van der Waals surface area contributed by atoms with E-state index in [4.69, 9.17) is 0 Å². The van der Waals surface area contributed by atoms with E-state index in [1.165, 1.54) is 24.0 Å². The summed E-state index contributed by atoms with van der Waals surface area (Å²) in [4.78, 5) is 0. The Balaban J connectivity index is 2.21. The lowest BCUT2D eigenvalue weighted by atomic mass is 9.71. The summed E-state index contributed by atoms with van der Waals surface area (Å²) < 4.78 is 0. The maximum atomic E-state index is 9.27. The van der Waals surface area contributed by atoms with Crippen molar-refractivity contribution in [2.45, 2.75) is 58.0 Å². The highest BCUT2D eigenvalue weighted by Gasteiger charge is 2.32. The zero-order valence-electron chi connectivity index (χ0n) is 12.6. The molecular formula is C17H27NO. The first-order valence-corrected chi connectivity index (χ1v) is 7.42. The number of rotatable bonds is 4. The molecule has 0 spiro atoms. The Morgan fingerprint density at radius 1 is 1.32 bits per heavy atom. The molecule has 0 bridgehead atoms. The van der Waals surface area contributed by atoms with Crippen LogP contribution in [0.4, 0.5) is 0 Å². The fourth-order valence-electron chi connectivity index (χ4n) is 3.03. The van der Waals surface area contributed by atoms with Crippen LogP contribution >= 0.6 is 0 Å². The molecule has 0 fully saturated rings. The van der Waals surface area contributed by atoms with E-state index in [1.807, 2.05) is 0 Å². The van der Waals surface area contributed by atoms with Crippen LogP contribution in [0.2, 0.25) is 0 Å². The lowest BCUT2D eigenvalue weighted by Crippen LogP contribution is -2.40. The molecule has 0 saturated carbocycles. The van der Waals surface area contributed by atoms with Gasteiger partial charge in [-0.15, -0.1) is 0 Å². The van der Waals surface area contributed by atoms with Gasteiger partial charge in [0.05, 0.1) is 0 Å². The van der Waals surface area contributed by atoms with E-state index in [-0.39, 0.29) is 12.0 Å². The lowest BCUT2D eigenvalue weighted by Gasteiger charge is -2.39. The second-order valence-electron chi connectivity index (χ2n) is 6.68. The molecule has 19 heavy (non-hydrogen) atoms. The molecule has 0 heterocycles. The number of hydrogen-bond acceptors (Lipinski definition) is 2. The Labute approximate surface area is 117 Å². The zero-order chi connectivity index (χ0) is 14.0. The van der Waals surface area contributed by atoms with Crippen molar-refractivity contribution in [1.82, 2.24) is 5.32 Å². The van der Waals surface area contributed by atoms with Crippen LogP contribution < -0.4 is 5.32 Å². The Kier molecular flexibility index (Phi) is 4.32. The average molecular weight is 261 g/mol. The summed E-state index contributed by atoms with van der Waals surface area (Å²) >= 11 is 0. The van der Waals surface area contributed by atoms with Gasteiger partial charge >= 0.3 is 0 Å². The second kappa shape index (κ2) is 5.64. The molecule has 1 aromatic carbocycles. The normalized spacial score (nSPS) is 24.6. The second-order valence-corrected chi connectivity index (χ2v) is 6.68. The molecule has 1 aliphatic carbocycles. The van der Waals surface area contributed by atoms with E-state index < -0.39 is 0 Å². The van der Waals surface area contributed by atoms with Gasteiger partial charge in [-0.05, 0) is 42.2 Å². The van der Waals surface area contributed by atoms with Crippen molar-refractivity contribution in [2.75, 3.05) is 6.61 Å². The third kappa shape index (κ3) is 3.01. The molecule has 3 atom stereocenters. The molecule has 2 heteroatoms. The monoisotopic (exact) mass is 261 g/mol. The predicted octanol–water partition coefficient (Wildman–Crippen LogP) is 3.41. The highest BCUT2D eigenvalue weighted by atomic mass is 16.3. The highest BCUT2D eigenvalue weighted by Crippen LogP contribution is 2.41. The van der Waals surface area contributed by atoms with Crippen LogP contribution in [0.5, 0.6) is 0 Å². The molecule has 2 N–H and O–H groups in total. The quantitative estimate of drug-likeness (QED) is 0.870. The molecule has 0 aromatic heterocycles. The Hall–Kier alpha value is -0.860. The van der Waals surface area contributed by atoms with Gasteiger partial charge in [-0.1, -0.05) is 45.0 Å². The smallest absolute Gasteiger partial charge is 0.0471 e. The van der Waals surface area contributed by atoms with Crippen molar-refractivity contribution in [3.05, 3.63) is 35.4 Å². The van der Waals surface area contributed by atoms with Gasteiger partial charge in [0.25, 0.3) is 0 Å². The average Bonchev–Trinajstić information content (AvgIpc) is 2.41. The highest BCUT2D eigenvalue weighted by molar-refractivity contribution is 5.38. The lowest BCUT2D eigenvalue weighted by molar-refractivity contribution is 0.195. The number of hydrogen-bond donors (Lipinski definition) is 2. The molecule has 106 valence electrons. The molecule has 2 nitrogen and oxygen atoms in total. The van der Waals surface area contributed by atoms with Gasteiger partial charge in [0.2, 0.25) is 0 Å². The molecular weight excluding hydrogens is 234 g/mol. The first-order chi connectivity index (χ1) is 8.95. The van der Waals surface area contributed by atoms with Gasteiger partial charge in [0.1, 0.15) is 0 Å². The van der Waals surface area contributed by atoms with Crippen molar-refractivity contribution >= 4 is 0 Å². The van der Waals surface area contributed by atoms with Crippen LogP contribution in [-0.2, 0) is 5.41 Å². The third-order valence-electron chi connectivity index (χ3n) is 4.73. The van der Waals surface area contributed by atoms with Gasteiger partial charge < -0.3 is 10.4 Å². The summed E-state index contributed by atoms with van der Waals surface area (Å²) in [5, 5.41) is 13.0. The molecule has 3 unspecified atom stereocenters. The minimum Gasteiger partial charge on any atom is -0.396 e. The van der Waals surface area contributed by atoms with Crippen LogP contribution in [0.1, 0.15) is 57.7 Å². The van der Waals surface area contributed by atoms with Crippen LogP contribution in [-0.4, -0.2) is 17.8 Å². The van der Waals surface area contributed by atoms with E-state index in [9.17, 15) is 5.11 Å². The Bertz CT molecular complexity index is 427. The molecule has 2 rings (SSSR count). The summed E-state index contributed by atoms with van der Waals surface area (Å²) in [6.07, 6.45) is 2.38. The summed E-state index contributed by atoms with van der Waals surface area (Å²) in [6.45, 7) is 9.18. The molecule has 0 aliphatic heterocycles. The molecule has 1 aromatic rings. The Morgan fingerprint density at radius 2 is 2.00 bits per heavy atom. The topological polar surface area (TPSA) is 32.3 Å². The van der Waals surface area contributed by atoms with Crippen molar-refractivity contribution in [2.24, 2.45) is 5.92 Å². The Morgan fingerprint density at radius 3 is 2.68 bits per heavy atom. The number of fused-ring (bicyclic) bond motifs is 1. The van der Waals surface area contributed by atoms with Gasteiger partial charge in [-0.2, -0.15) is 0 Å². The van der Waals surface area contributed by atoms with Gasteiger partial charge in [-0.25, -0.2) is 0 Å². The van der Waals surface area contributed by atoms with Crippen molar-refractivity contribution in [3.63, 3.8) is 0 Å². The fraction of sp³-hybridized carbons (Fsp3) is 0.647. The molecule has 0 saturated heterocycles. The van der Waals surface area contributed by atoms with E-state index >= 15 is 0 Å². The van der Waals surface area contributed by atoms with Crippen LogP contribution in [0.3, 0.4) is 0 Å². The summed E-state index contributed by atoms with van der Waals surface area (Å²) in [5.41, 5.74) is 3.19. The summed E-state index contributed by atoms with van der Waals surface area (Å²) in [7, 11) is 0.